The Labute approximate surface area is 132 Å². The molecule has 5 nitrogen and oxygen atoms in total. The highest BCUT2D eigenvalue weighted by Crippen LogP contribution is 2.25. The highest BCUT2D eigenvalue weighted by Gasteiger charge is 2.21. The number of rotatable bonds is 6. The van der Waals surface area contributed by atoms with Gasteiger partial charge in [-0.05, 0) is 62.9 Å². The number of aryl methyl sites for hydroxylation is 1. The molecule has 1 unspecified atom stereocenters. The van der Waals surface area contributed by atoms with Gasteiger partial charge in [0.2, 0.25) is 5.91 Å². The first kappa shape index (κ1) is 16.8. The van der Waals surface area contributed by atoms with Crippen molar-refractivity contribution in [1.82, 2.24) is 4.90 Å². The van der Waals surface area contributed by atoms with Crippen LogP contribution in [-0.2, 0) is 4.79 Å². The highest BCUT2D eigenvalue weighted by molar-refractivity contribution is 5.93. The number of nitrogens with zero attached hydrogens (tertiary/aromatic N) is 1. The maximum absolute atomic E-state index is 12.3. The van der Waals surface area contributed by atoms with Crippen molar-refractivity contribution in [2.24, 2.45) is 11.7 Å². The first-order valence-corrected chi connectivity index (χ1v) is 7.99. The van der Waals surface area contributed by atoms with Gasteiger partial charge in [-0.3, -0.25) is 9.69 Å². The standard InChI is InChI=1S/C17H27N3O2/c1-13-5-6-16(22-2)15(10-13)19-17(21)12-20-9-3-4-14(11-20)7-8-18/h5-6,10,14H,3-4,7-9,11-12,18H2,1-2H3,(H,19,21). The number of piperidine rings is 1. The van der Waals surface area contributed by atoms with Crippen LogP contribution in [0.3, 0.4) is 0 Å². The molecule has 1 fully saturated rings. The van der Waals surface area contributed by atoms with Crippen LogP contribution >= 0.6 is 0 Å². The van der Waals surface area contributed by atoms with Gasteiger partial charge in [0.05, 0.1) is 19.3 Å². The number of carbonyl (C=O) groups is 1. The summed E-state index contributed by atoms with van der Waals surface area (Å²) in [6, 6.07) is 5.78. The second-order valence-electron chi connectivity index (χ2n) is 6.07. The molecular weight excluding hydrogens is 278 g/mol. The van der Waals surface area contributed by atoms with Gasteiger partial charge in [0.25, 0.3) is 0 Å². The van der Waals surface area contributed by atoms with Crippen LogP contribution in [0.25, 0.3) is 0 Å². The molecule has 1 saturated heterocycles. The average Bonchev–Trinajstić information content (AvgIpc) is 2.48. The lowest BCUT2D eigenvalue weighted by molar-refractivity contribution is -0.117. The number of nitrogens with two attached hydrogens (primary N) is 1. The second-order valence-corrected chi connectivity index (χ2v) is 6.07. The maximum atomic E-state index is 12.3. The van der Waals surface area contributed by atoms with Gasteiger partial charge in [-0.2, -0.15) is 0 Å². The van der Waals surface area contributed by atoms with Crippen molar-refractivity contribution < 1.29 is 9.53 Å². The number of amides is 1. The number of benzene rings is 1. The van der Waals surface area contributed by atoms with Crippen LogP contribution in [0.15, 0.2) is 18.2 Å². The smallest absolute Gasteiger partial charge is 0.238 e. The molecule has 22 heavy (non-hydrogen) atoms. The Hall–Kier alpha value is -1.59. The third-order valence-electron chi connectivity index (χ3n) is 4.17. The van der Waals surface area contributed by atoms with Crippen LogP contribution in [-0.4, -0.2) is 44.1 Å². The molecule has 0 spiro atoms. The summed E-state index contributed by atoms with van der Waals surface area (Å²) in [6.45, 7) is 5.11. The number of nitrogens with one attached hydrogen (secondary N) is 1. The minimum atomic E-state index is 0.0114. The molecule has 5 heteroatoms. The normalized spacial score (nSPS) is 19.0. The summed E-state index contributed by atoms with van der Waals surface area (Å²) in [4.78, 5) is 14.5. The number of hydrogen-bond acceptors (Lipinski definition) is 4. The van der Waals surface area contributed by atoms with E-state index in [1.165, 1.54) is 6.42 Å². The van der Waals surface area contributed by atoms with Gasteiger partial charge in [-0.1, -0.05) is 6.07 Å². The quantitative estimate of drug-likeness (QED) is 0.843. The lowest BCUT2D eigenvalue weighted by atomic mass is 9.95. The molecule has 0 bridgehead atoms. The third kappa shape index (κ3) is 4.71. The molecule has 1 aromatic rings. The van der Waals surface area contributed by atoms with Gasteiger partial charge in [0.15, 0.2) is 0 Å². The lowest BCUT2D eigenvalue weighted by Gasteiger charge is -2.32. The van der Waals surface area contributed by atoms with Crippen molar-refractivity contribution in [2.75, 3.05) is 38.6 Å². The zero-order valence-electron chi connectivity index (χ0n) is 13.6. The molecule has 1 aliphatic heterocycles. The number of likely N-dealkylation sites (tertiary alicyclic amines) is 1. The molecule has 2 rings (SSSR count). The SMILES string of the molecule is COc1ccc(C)cc1NC(=O)CN1CCCC(CCN)C1. The van der Waals surface area contributed by atoms with E-state index in [2.05, 4.69) is 10.2 Å². The van der Waals surface area contributed by atoms with Gasteiger partial charge in [-0.25, -0.2) is 0 Å². The Kier molecular flexibility index (Phi) is 6.21. The summed E-state index contributed by atoms with van der Waals surface area (Å²) >= 11 is 0. The zero-order valence-corrected chi connectivity index (χ0v) is 13.6. The van der Waals surface area contributed by atoms with E-state index in [9.17, 15) is 4.79 Å². The van der Waals surface area contributed by atoms with Gasteiger partial charge >= 0.3 is 0 Å². The maximum Gasteiger partial charge on any atom is 0.238 e. The Morgan fingerprint density at radius 3 is 3.05 bits per heavy atom. The number of methoxy groups -OCH3 is 1. The van der Waals surface area contributed by atoms with E-state index in [0.29, 0.717) is 18.2 Å². The van der Waals surface area contributed by atoms with Gasteiger partial charge in [0.1, 0.15) is 5.75 Å². The Balaban J connectivity index is 1.91. The number of anilines is 1. The van der Waals surface area contributed by atoms with Gasteiger partial charge < -0.3 is 15.8 Å². The molecule has 0 aromatic heterocycles. The van der Waals surface area contributed by atoms with Crippen LogP contribution in [0.4, 0.5) is 5.69 Å². The fourth-order valence-corrected chi connectivity index (χ4v) is 3.08. The van der Waals surface area contributed by atoms with E-state index < -0.39 is 0 Å². The van der Waals surface area contributed by atoms with E-state index >= 15 is 0 Å². The summed E-state index contributed by atoms with van der Waals surface area (Å²) in [5.41, 5.74) is 7.48. The topological polar surface area (TPSA) is 67.6 Å². The summed E-state index contributed by atoms with van der Waals surface area (Å²) in [7, 11) is 1.61. The van der Waals surface area contributed by atoms with Crippen LogP contribution in [0.5, 0.6) is 5.75 Å². The monoisotopic (exact) mass is 305 g/mol. The van der Waals surface area contributed by atoms with Crippen molar-refractivity contribution in [1.29, 1.82) is 0 Å². The van der Waals surface area contributed by atoms with Gasteiger partial charge in [0, 0.05) is 6.54 Å². The predicted octanol–water partition coefficient (Wildman–Crippen LogP) is 2.00. The van der Waals surface area contributed by atoms with Crippen LogP contribution < -0.4 is 15.8 Å². The molecule has 1 aliphatic rings. The molecule has 1 amide bonds. The molecule has 122 valence electrons. The summed E-state index contributed by atoms with van der Waals surface area (Å²) in [5, 5.41) is 2.97. The molecule has 1 heterocycles. The largest absolute Gasteiger partial charge is 0.495 e. The molecule has 1 aromatic carbocycles. The molecular formula is C17H27N3O2. The molecule has 1 atom stereocenters. The first-order valence-electron chi connectivity index (χ1n) is 7.99. The summed E-state index contributed by atoms with van der Waals surface area (Å²) in [6.07, 6.45) is 3.41. The first-order chi connectivity index (χ1) is 10.6. The fourth-order valence-electron chi connectivity index (χ4n) is 3.08. The van der Waals surface area contributed by atoms with Crippen molar-refractivity contribution in [3.05, 3.63) is 23.8 Å². The van der Waals surface area contributed by atoms with E-state index in [-0.39, 0.29) is 5.91 Å². The van der Waals surface area contributed by atoms with Crippen LogP contribution in [0.1, 0.15) is 24.8 Å². The Bertz CT molecular complexity index is 503. The van der Waals surface area contributed by atoms with Crippen molar-refractivity contribution in [3.8, 4) is 5.75 Å². The summed E-state index contributed by atoms with van der Waals surface area (Å²) < 4.78 is 5.30. The van der Waals surface area contributed by atoms with Crippen LogP contribution in [0.2, 0.25) is 0 Å². The van der Waals surface area contributed by atoms with E-state index in [0.717, 1.165) is 43.7 Å². The van der Waals surface area contributed by atoms with Crippen molar-refractivity contribution >= 4 is 11.6 Å². The third-order valence-corrected chi connectivity index (χ3v) is 4.17. The second kappa shape index (κ2) is 8.15. The average molecular weight is 305 g/mol. The molecule has 0 aliphatic carbocycles. The Morgan fingerprint density at radius 2 is 2.32 bits per heavy atom. The zero-order chi connectivity index (χ0) is 15.9. The molecule has 3 N–H and O–H groups in total. The van der Waals surface area contributed by atoms with E-state index in [4.69, 9.17) is 10.5 Å². The highest BCUT2D eigenvalue weighted by atomic mass is 16.5. The number of hydrogen-bond donors (Lipinski definition) is 2. The fraction of sp³-hybridized carbons (Fsp3) is 0.588. The van der Waals surface area contributed by atoms with Crippen molar-refractivity contribution in [3.63, 3.8) is 0 Å². The van der Waals surface area contributed by atoms with Crippen LogP contribution in [0, 0.1) is 12.8 Å². The number of carbonyl (C=O) groups excluding carboxylic acids is 1. The predicted molar refractivity (Wildman–Crippen MR) is 89.2 cm³/mol. The molecule has 0 saturated carbocycles. The number of ether oxygens (including phenoxy) is 1. The molecule has 0 radical (unpaired) electrons. The lowest BCUT2D eigenvalue weighted by Crippen LogP contribution is -2.41. The van der Waals surface area contributed by atoms with Crippen molar-refractivity contribution in [2.45, 2.75) is 26.2 Å². The Morgan fingerprint density at radius 1 is 1.50 bits per heavy atom. The minimum absolute atomic E-state index is 0.0114. The summed E-state index contributed by atoms with van der Waals surface area (Å²) in [5.74, 6) is 1.33. The van der Waals surface area contributed by atoms with Gasteiger partial charge in [-0.15, -0.1) is 0 Å². The van der Waals surface area contributed by atoms with E-state index in [1.54, 1.807) is 7.11 Å². The minimum Gasteiger partial charge on any atom is -0.495 e. The van der Waals surface area contributed by atoms with E-state index in [1.807, 2.05) is 25.1 Å².